The van der Waals surface area contributed by atoms with Crippen LogP contribution >= 0.6 is 23.1 Å². The number of imide groups is 1. The van der Waals surface area contributed by atoms with E-state index in [4.69, 9.17) is 4.74 Å². The number of likely N-dealkylation sites (tertiary alicyclic amines) is 1. The van der Waals surface area contributed by atoms with Crippen LogP contribution in [0.15, 0.2) is 9.82 Å². The number of hydrogen-bond acceptors (Lipinski definition) is 7. The van der Waals surface area contributed by atoms with Crippen molar-refractivity contribution < 1.29 is 19.1 Å². The van der Waals surface area contributed by atoms with Crippen molar-refractivity contribution in [1.29, 1.82) is 0 Å². The highest BCUT2D eigenvalue weighted by Crippen LogP contribution is 2.68. The number of esters is 1. The summed E-state index contributed by atoms with van der Waals surface area (Å²) in [4.78, 5) is 55.3. The molecule has 156 valence electrons. The molecule has 1 saturated heterocycles. The highest BCUT2D eigenvalue weighted by molar-refractivity contribution is 8.00. The molecule has 9 heteroatoms. The van der Waals surface area contributed by atoms with Gasteiger partial charge in [-0.05, 0) is 31.1 Å². The maximum atomic E-state index is 13.2. The lowest BCUT2D eigenvalue weighted by Crippen LogP contribution is -2.48. The number of rotatable bonds is 4. The average molecular weight is 437 g/mol. The topological polar surface area (TPSA) is 96.5 Å². The van der Waals surface area contributed by atoms with Crippen molar-refractivity contribution in [1.82, 2.24) is 9.88 Å². The number of aromatic amines is 1. The second-order valence-electron chi connectivity index (χ2n) is 9.00. The molecule has 6 unspecified atom stereocenters. The quantitative estimate of drug-likeness (QED) is 0.573. The van der Waals surface area contributed by atoms with E-state index >= 15 is 0 Å². The van der Waals surface area contributed by atoms with Crippen molar-refractivity contribution in [2.75, 3.05) is 13.2 Å². The number of thiazole rings is 1. The number of ether oxygens (including phenoxy) is 1. The lowest BCUT2D eigenvalue weighted by atomic mass is 9.64. The van der Waals surface area contributed by atoms with Gasteiger partial charge in [0.2, 0.25) is 11.8 Å². The van der Waals surface area contributed by atoms with Gasteiger partial charge in [0.15, 0.2) is 0 Å². The van der Waals surface area contributed by atoms with E-state index in [0.717, 1.165) is 16.3 Å². The molecule has 0 radical (unpaired) electrons. The predicted octanol–water partition coefficient (Wildman–Crippen LogP) is 2.01. The number of H-pyrrole nitrogens is 1. The largest absolute Gasteiger partial charge is 0.466 e. The Morgan fingerprint density at radius 2 is 1.90 bits per heavy atom. The molecule has 2 saturated carbocycles. The Morgan fingerprint density at radius 1 is 1.21 bits per heavy atom. The van der Waals surface area contributed by atoms with Crippen molar-refractivity contribution >= 4 is 40.9 Å². The van der Waals surface area contributed by atoms with E-state index in [1.807, 2.05) is 0 Å². The molecule has 2 amide bonds. The van der Waals surface area contributed by atoms with Crippen molar-refractivity contribution in [3.8, 4) is 0 Å². The summed E-state index contributed by atoms with van der Waals surface area (Å²) in [6.07, 6.45) is 0.940. The van der Waals surface area contributed by atoms with Gasteiger partial charge in [-0.25, -0.2) is 0 Å². The van der Waals surface area contributed by atoms with Crippen LogP contribution in [0.5, 0.6) is 0 Å². The summed E-state index contributed by atoms with van der Waals surface area (Å²) >= 11 is 2.96. The van der Waals surface area contributed by atoms with Gasteiger partial charge in [0, 0.05) is 22.1 Å². The Hall–Kier alpha value is -1.61. The van der Waals surface area contributed by atoms with Gasteiger partial charge in [0.1, 0.15) is 0 Å². The van der Waals surface area contributed by atoms with Gasteiger partial charge in [0.05, 0.1) is 29.9 Å². The third-order valence-corrected chi connectivity index (χ3v) is 10.1. The van der Waals surface area contributed by atoms with Gasteiger partial charge in [-0.3, -0.25) is 24.1 Å². The van der Waals surface area contributed by atoms with Crippen LogP contribution in [0.3, 0.4) is 0 Å². The summed E-state index contributed by atoms with van der Waals surface area (Å²) in [7, 11) is 0. The highest BCUT2D eigenvalue weighted by atomic mass is 32.2. The molecule has 4 aliphatic rings. The fourth-order valence-electron chi connectivity index (χ4n) is 6.37. The van der Waals surface area contributed by atoms with Gasteiger partial charge >= 0.3 is 10.8 Å². The predicted molar refractivity (Wildman–Crippen MR) is 108 cm³/mol. The first-order valence-corrected chi connectivity index (χ1v) is 11.9. The molecule has 29 heavy (non-hydrogen) atoms. The van der Waals surface area contributed by atoms with Gasteiger partial charge in [0.25, 0.3) is 0 Å². The molecule has 1 aromatic heterocycles. The Bertz CT molecular complexity index is 966. The lowest BCUT2D eigenvalue weighted by Gasteiger charge is -2.47. The average Bonchev–Trinajstić information content (AvgIpc) is 3.36. The van der Waals surface area contributed by atoms with Crippen LogP contribution in [0.25, 0.3) is 0 Å². The maximum absolute atomic E-state index is 13.2. The molecule has 0 aromatic carbocycles. The van der Waals surface area contributed by atoms with Crippen LogP contribution in [-0.4, -0.2) is 46.1 Å². The maximum Gasteiger partial charge on any atom is 0.307 e. The number of fused-ring (bicyclic) bond motifs is 9. The second-order valence-corrected chi connectivity index (χ2v) is 11.2. The summed E-state index contributed by atoms with van der Waals surface area (Å²) < 4.78 is 4.94. The van der Waals surface area contributed by atoms with E-state index in [0.29, 0.717) is 0 Å². The van der Waals surface area contributed by atoms with Crippen LogP contribution in [0.4, 0.5) is 0 Å². The fourth-order valence-corrected chi connectivity index (χ4v) is 9.53. The minimum Gasteiger partial charge on any atom is -0.466 e. The van der Waals surface area contributed by atoms with Crippen molar-refractivity contribution in [3.63, 3.8) is 0 Å². The van der Waals surface area contributed by atoms with Crippen LogP contribution < -0.4 is 4.87 Å². The summed E-state index contributed by atoms with van der Waals surface area (Å²) in [5, 5.41) is 1.17. The third kappa shape index (κ3) is 2.55. The summed E-state index contributed by atoms with van der Waals surface area (Å²) in [5.41, 5.74) is -0.207. The van der Waals surface area contributed by atoms with Crippen LogP contribution in [0.2, 0.25) is 0 Å². The molecule has 2 aliphatic carbocycles. The monoisotopic (exact) mass is 436 g/mol. The first-order valence-electron chi connectivity index (χ1n) is 10.2. The third-order valence-electron chi connectivity index (χ3n) is 7.33. The molecule has 0 spiro atoms. The Morgan fingerprint density at radius 3 is 2.59 bits per heavy atom. The van der Waals surface area contributed by atoms with Crippen molar-refractivity contribution in [2.45, 2.75) is 49.3 Å². The molecule has 5 rings (SSSR count). The van der Waals surface area contributed by atoms with Gasteiger partial charge in [-0.1, -0.05) is 25.2 Å². The van der Waals surface area contributed by atoms with Crippen molar-refractivity contribution in [3.05, 3.63) is 14.5 Å². The molecule has 2 aliphatic heterocycles. The first kappa shape index (κ1) is 19.4. The van der Waals surface area contributed by atoms with Crippen LogP contribution in [0.1, 0.15) is 38.5 Å². The first-order chi connectivity index (χ1) is 13.8. The number of carbonyl (C=O) groups is 3. The number of thioether (sulfide) groups is 1. The number of amides is 2. The van der Waals surface area contributed by atoms with E-state index in [1.165, 1.54) is 16.2 Å². The fraction of sp³-hybridized carbons (Fsp3) is 0.700. The van der Waals surface area contributed by atoms with E-state index in [1.54, 1.807) is 18.7 Å². The summed E-state index contributed by atoms with van der Waals surface area (Å²) in [5.74, 6) is -0.653. The van der Waals surface area contributed by atoms with Crippen LogP contribution in [0, 0.1) is 29.6 Å². The highest BCUT2D eigenvalue weighted by Gasteiger charge is 2.70. The van der Waals surface area contributed by atoms with Gasteiger partial charge < -0.3 is 9.72 Å². The minimum atomic E-state index is -0.383. The van der Waals surface area contributed by atoms with Gasteiger partial charge in [-0.2, -0.15) is 0 Å². The molecule has 1 N–H and O–H groups in total. The van der Waals surface area contributed by atoms with Crippen LogP contribution in [-0.2, 0) is 24.5 Å². The number of hydrogen-bond donors (Lipinski definition) is 1. The lowest BCUT2D eigenvalue weighted by molar-refractivity contribution is -0.145. The molecule has 6 atom stereocenters. The molecular formula is C20H24N2O5S2. The normalized spacial score (nSPS) is 36.2. The summed E-state index contributed by atoms with van der Waals surface area (Å²) in [6, 6.07) is 0. The van der Waals surface area contributed by atoms with E-state index in [2.05, 4.69) is 18.8 Å². The second kappa shape index (κ2) is 6.44. The number of aromatic nitrogens is 1. The zero-order valence-electron chi connectivity index (χ0n) is 16.6. The zero-order valence-corrected chi connectivity index (χ0v) is 18.2. The van der Waals surface area contributed by atoms with E-state index in [-0.39, 0.29) is 82.5 Å². The van der Waals surface area contributed by atoms with E-state index in [9.17, 15) is 19.2 Å². The van der Waals surface area contributed by atoms with Gasteiger partial charge in [-0.15, -0.1) is 11.8 Å². The minimum absolute atomic E-state index is 0.0413. The molecule has 7 nitrogen and oxygen atoms in total. The zero-order chi connectivity index (χ0) is 20.7. The SMILES string of the molecule is CCOC(=O)CCN1C(=O)C2C3CC(C2C1=O)C1C3Sc2[nH]c(=O)sc2C1(C)C. The Kier molecular flexibility index (Phi) is 4.30. The molecule has 2 bridgehead atoms. The Labute approximate surface area is 176 Å². The molecular weight excluding hydrogens is 412 g/mol. The number of nitrogens with one attached hydrogen (secondary N) is 1. The number of nitrogens with zero attached hydrogens (tertiary/aromatic N) is 1. The standard InChI is InChI=1S/C20H24N2O5S2/c1-4-27-10(23)5-6-22-17(24)11-8-7-9(12(11)18(22)25)14-13(8)20(2,3)15-16(28-14)21-19(26)29-15/h8-9,11-14H,4-7H2,1-3H3,(H,21,26). The van der Waals surface area contributed by atoms with Crippen molar-refractivity contribution in [2.24, 2.45) is 29.6 Å². The molecule has 3 fully saturated rings. The number of carbonyl (C=O) groups excluding carboxylic acids is 3. The molecule has 1 aromatic rings. The Balaban J connectivity index is 1.43. The van der Waals surface area contributed by atoms with E-state index < -0.39 is 0 Å². The molecule has 3 heterocycles. The summed E-state index contributed by atoms with van der Waals surface area (Å²) in [6.45, 7) is 6.47. The smallest absolute Gasteiger partial charge is 0.307 e.